The molecule has 0 atom stereocenters. The number of ether oxygens (including phenoxy) is 1. The van der Waals surface area contributed by atoms with Gasteiger partial charge in [0.2, 0.25) is 0 Å². The summed E-state index contributed by atoms with van der Waals surface area (Å²) in [5, 5.41) is 6.16. The normalized spacial score (nSPS) is 14.6. The third-order valence-corrected chi connectivity index (χ3v) is 7.22. The molecule has 0 aliphatic heterocycles. The monoisotopic (exact) mass is 452 g/mol. The molecule has 170 valence electrons. The van der Waals surface area contributed by atoms with Crippen LogP contribution in [0.5, 0.6) is 0 Å². The van der Waals surface area contributed by atoms with E-state index in [1.807, 2.05) is 38.2 Å². The zero-order valence-corrected chi connectivity index (χ0v) is 20.0. The Balaban J connectivity index is 1.58. The Kier molecular flexibility index (Phi) is 7.37. The number of nitrogens with one attached hydrogen (secondary N) is 1. The summed E-state index contributed by atoms with van der Waals surface area (Å²) >= 11 is 1.59. The number of hydrogen-bond acceptors (Lipinski definition) is 5. The van der Waals surface area contributed by atoms with Gasteiger partial charge in [-0.1, -0.05) is 19.3 Å². The number of aromatic nitrogens is 3. The lowest BCUT2D eigenvalue weighted by atomic mass is 9.89. The number of thiazole rings is 1. The first-order chi connectivity index (χ1) is 15.6. The van der Waals surface area contributed by atoms with Crippen LogP contribution in [0.2, 0.25) is 0 Å². The van der Waals surface area contributed by atoms with Crippen molar-refractivity contribution in [3.8, 4) is 22.0 Å². The standard InChI is InChI=1S/C25H32N4O2S/c1-17-9-10-20(15-26-17)25-28-22(16-32-25)23-13-21(18(2)29(23)11-12-31-3)24(30)27-14-19-7-5-4-6-8-19/h9-10,13,15-16,19H,4-8,11-12,14H2,1-3H3,(H,27,30). The Hall–Kier alpha value is -2.51. The minimum absolute atomic E-state index is 0.00341. The minimum Gasteiger partial charge on any atom is -0.383 e. The van der Waals surface area contributed by atoms with Gasteiger partial charge < -0.3 is 14.6 Å². The van der Waals surface area contributed by atoms with E-state index in [-0.39, 0.29) is 5.91 Å². The molecule has 0 radical (unpaired) electrons. The molecule has 1 N–H and O–H groups in total. The zero-order chi connectivity index (χ0) is 22.5. The second-order valence-electron chi connectivity index (χ2n) is 8.61. The lowest BCUT2D eigenvalue weighted by Gasteiger charge is -2.21. The van der Waals surface area contributed by atoms with Gasteiger partial charge in [0.1, 0.15) is 5.01 Å². The van der Waals surface area contributed by atoms with Gasteiger partial charge in [-0.3, -0.25) is 9.78 Å². The molecule has 0 spiro atoms. The van der Waals surface area contributed by atoms with E-state index in [0.29, 0.717) is 19.1 Å². The van der Waals surface area contributed by atoms with Gasteiger partial charge >= 0.3 is 0 Å². The maximum atomic E-state index is 13.1. The van der Waals surface area contributed by atoms with Crippen LogP contribution < -0.4 is 5.32 Å². The van der Waals surface area contributed by atoms with Crippen LogP contribution in [0.4, 0.5) is 0 Å². The summed E-state index contributed by atoms with van der Waals surface area (Å²) in [4.78, 5) is 22.3. The minimum atomic E-state index is 0.00341. The largest absolute Gasteiger partial charge is 0.383 e. The molecule has 0 saturated heterocycles. The van der Waals surface area contributed by atoms with Crippen LogP contribution in [-0.4, -0.2) is 40.7 Å². The molecule has 1 amide bonds. The third kappa shape index (κ3) is 5.10. The lowest BCUT2D eigenvalue weighted by Crippen LogP contribution is -2.30. The van der Waals surface area contributed by atoms with Gasteiger partial charge in [-0.15, -0.1) is 11.3 Å². The van der Waals surface area contributed by atoms with Gasteiger partial charge in [-0.25, -0.2) is 4.98 Å². The molecule has 32 heavy (non-hydrogen) atoms. The Bertz CT molecular complexity index is 1050. The average Bonchev–Trinajstić information content (AvgIpc) is 3.42. The van der Waals surface area contributed by atoms with Crippen LogP contribution in [0.3, 0.4) is 0 Å². The summed E-state index contributed by atoms with van der Waals surface area (Å²) in [7, 11) is 1.70. The summed E-state index contributed by atoms with van der Waals surface area (Å²) in [6, 6.07) is 6.02. The fourth-order valence-corrected chi connectivity index (χ4v) is 5.20. The van der Waals surface area contributed by atoms with Crippen LogP contribution in [0.25, 0.3) is 22.0 Å². The fraction of sp³-hybridized carbons (Fsp3) is 0.480. The Labute approximate surface area is 194 Å². The second kappa shape index (κ2) is 10.4. The molecule has 1 saturated carbocycles. The predicted octanol–water partition coefficient (Wildman–Crippen LogP) is 5.25. The van der Waals surface area contributed by atoms with Crippen molar-refractivity contribution in [2.45, 2.75) is 52.5 Å². The SMILES string of the molecule is COCCn1c(-c2csc(-c3ccc(C)nc3)n2)cc(C(=O)NCC2CCCCC2)c1C. The van der Waals surface area contributed by atoms with Crippen LogP contribution in [0, 0.1) is 19.8 Å². The number of pyridine rings is 1. The lowest BCUT2D eigenvalue weighted by molar-refractivity contribution is 0.0942. The van der Waals surface area contributed by atoms with Crippen molar-refractivity contribution >= 4 is 17.2 Å². The molecule has 0 bridgehead atoms. The zero-order valence-electron chi connectivity index (χ0n) is 19.2. The van der Waals surface area contributed by atoms with Crippen molar-refractivity contribution in [1.82, 2.24) is 19.9 Å². The summed E-state index contributed by atoms with van der Waals surface area (Å²) < 4.78 is 7.47. The Morgan fingerprint density at radius 3 is 2.78 bits per heavy atom. The van der Waals surface area contributed by atoms with Crippen LogP contribution in [0.15, 0.2) is 29.8 Å². The van der Waals surface area contributed by atoms with E-state index < -0.39 is 0 Å². The summed E-state index contributed by atoms with van der Waals surface area (Å²) in [6.07, 6.45) is 8.17. The summed E-state index contributed by atoms with van der Waals surface area (Å²) in [6.45, 7) is 5.99. The van der Waals surface area contributed by atoms with Gasteiger partial charge in [0.05, 0.1) is 23.6 Å². The first-order valence-corrected chi connectivity index (χ1v) is 12.3. The van der Waals surface area contributed by atoms with Crippen molar-refractivity contribution in [2.75, 3.05) is 20.3 Å². The number of carbonyl (C=O) groups excluding carboxylic acids is 1. The number of nitrogens with zero attached hydrogens (tertiary/aromatic N) is 3. The average molecular weight is 453 g/mol. The third-order valence-electron chi connectivity index (χ3n) is 6.33. The highest BCUT2D eigenvalue weighted by molar-refractivity contribution is 7.13. The summed E-state index contributed by atoms with van der Waals surface area (Å²) in [5.74, 6) is 0.607. The van der Waals surface area contributed by atoms with E-state index in [1.165, 1.54) is 32.1 Å². The van der Waals surface area contributed by atoms with E-state index in [1.54, 1.807) is 18.4 Å². The van der Waals surface area contributed by atoms with Crippen molar-refractivity contribution in [3.63, 3.8) is 0 Å². The van der Waals surface area contributed by atoms with E-state index in [9.17, 15) is 4.79 Å². The van der Waals surface area contributed by atoms with E-state index in [2.05, 4.69) is 20.2 Å². The van der Waals surface area contributed by atoms with Gasteiger partial charge in [0.25, 0.3) is 5.91 Å². The molecule has 3 aromatic heterocycles. The number of rotatable bonds is 8. The first-order valence-electron chi connectivity index (χ1n) is 11.4. The topological polar surface area (TPSA) is 69.0 Å². The molecule has 3 aromatic rings. The van der Waals surface area contributed by atoms with Crippen molar-refractivity contribution in [3.05, 3.63) is 46.7 Å². The number of hydrogen-bond donors (Lipinski definition) is 1. The molecule has 4 rings (SSSR count). The smallest absolute Gasteiger partial charge is 0.253 e. The first kappa shape index (κ1) is 22.7. The quantitative estimate of drug-likeness (QED) is 0.507. The molecule has 7 heteroatoms. The molecule has 0 aromatic carbocycles. The van der Waals surface area contributed by atoms with E-state index in [0.717, 1.165) is 45.5 Å². The highest BCUT2D eigenvalue weighted by Gasteiger charge is 2.21. The predicted molar refractivity (Wildman–Crippen MR) is 129 cm³/mol. The molecule has 1 aliphatic carbocycles. The summed E-state index contributed by atoms with van der Waals surface area (Å²) in [5.41, 5.74) is 5.48. The Morgan fingerprint density at radius 2 is 2.06 bits per heavy atom. The number of methoxy groups -OCH3 is 1. The van der Waals surface area contributed by atoms with Crippen LogP contribution in [0.1, 0.15) is 53.8 Å². The Morgan fingerprint density at radius 1 is 1.25 bits per heavy atom. The highest BCUT2D eigenvalue weighted by Crippen LogP contribution is 2.31. The fourth-order valence-electron chi connectivity index (χ4n) is 4.40. The maximum absolute atomic E-state index is 13.1. The van der Waals surface area contributed by atoms with Gasteiger partial charge in [0, 0.05) is 48.7 Å². The maximum Gasteiger partial charge on any atom is 0.253 e. The molecule has 0 unspecified atom stereocenters. The van der Waals surface area contributed by atoms with E-state index in [4.69, 9.17) is 9.72 Å². The second-order valence-corrected chi connectivity index (χ2v) is 9.47. The number of carbonyl (C=O) groups is 1. The van der Waals surface area contributed by atoms with Crippen molar-refractivity contribution in [1.29, 1.82) is 0 Å². The van der Waals surface area contributed by atoms with Crippen LogP contribution >= 0.6 is 11.3 Å². The molecule has 1 aliphatic rings. The van der Waals surface area contributed by atoms with Gasteiger partial charge in [0.15, 0.2) is 0 Å². The molecular weight excluding hydrogens is 420 g/mol. The van der Waals surface area contributed by atoms with Gasteiger partial charge in [-0.05, 0) is 50.8 Å². The van der Waals surface area contributed by atoms with Crippen molar-refractivity contribution < 1.29 is 9.53 Å². The number of aryl methyl sites for hydroxylation is 1. The van der Waals surface area contributed by atoms with Gasteiger partial charge in [-0.2, -0.15) is 0 Å². The van der Waals surface area contributed by atoms with Crippen LogP contribution in [-0.2, 0) is 11.3 Å². The molecule has 3 heterocycles. The highest BCUT2D eigenvalue weighted by atomic mass is 32.1. The van der Waals surface area contributed by atoms with Crippen molar-refractivity contribution in [2.24, 2.45) is 5.92 Å². The molecule has 6 nitrogen and oxygen atoms in total. The molecular formula is C25H32N4O2S. The number of amides is 1. The van der Waals surface area contributed by atoms with E-state index >= 15 is 0 Å². The molecule has 1 fully saturated rings.